The maximum Gasteiger partial charge on any atom is 0.407 e. The van der Waals surface area contributed by atoms with Crippen LogP contribution in [0.2, 0.25) is 0 Å². The predicted molar refractivity (Wildman–Crippen MR) is 145 cm³/mol. The van der Waals surface area contributed by atoms with Crippen LogP contribution in [0.15, 0.2) is 76.4 Å². The number of amides is 1. The molecule has 198 valence electrons. The Bertz CT molecular complexity index is 1320. The van der Waals surface area contributed by atoms with Crippen molar-refractivity contribution in [1.29, 1.82) is 0 Å². The van der Waals surface area contributed by atoms with Crippen molar-refractivity contribution in [3.8, 4) is 34.2 Å². The normalized spacial score (nSPS) is 11.2. The highest BCUT2D eigenvalue weighted by Crippen LogP contribution is 2.35. The number of alkyl carbamates (subject to hydrolysis) is 1. The zero-order valence-corrected chi connectivity index (χ0v) is 22.6. The lowest BCUT2D eigenvalue weighted by atomic mass is 10.1. The molecule has 4 rings (SSSR count). The van der Waals surface area contributed by atoms with E-state index >= 15 is 0 Å². The topological polar surface area (TPSA) is 109 Å². The van der Waals surface area contributed by atoms with Crippen LogP contribution in [0.4, 0.5) is 4.79 Å². The summed E-state index contributed by atoms with van der Waals surface area (Å²) in [5, 5.41) is 3.63. The third-order valence-electron chi connectivity index (χ3n) is 5.05. The molecule has 9 nitrogen and oxygen atoms in total. The van der Waals surface area contributed by atoms with Gasteiger partial charge >= 0.3 is 6.09 Å². The highest BCUT2D eigenvalue weighted by atomic mass is 32.2. The van der Waals surface area contributed by atoms with Crippen molar-refractivity contribution in [3.63, 3.8) is 0 Å². The van der Waals surface area contributed by atoms with Crippen LogP contribution < -0.4 is 14.8 Å². The summed E-state index contributed by atoms with van der Waals surface area (Å²) in [6, 6.07) is 16.9. The van der Waals surface area contributed by atoms with E-state index in [1.54, 1.807) is 37.3 Å². The summed E-state index contributed by atoms with van der Waals surface area (Å²) in [4.78, 5) is 25.2. The van der Waals surface area contributed by atoms with Gasteiger partial charge in [-0.2, -0.15) is 0 Å². The maximum atomic E-state index is 11.8. The van der Waals surface area contributed by atoms with Crippen LogP contribution in [0, 0.1) is 0 Å². The molecule has 0 unspecified atom stereocenters. The molecule has 0 spiro atoms. The number of benzene rings is 1. The zero-order valence-electron chi connectivity index (χ0n) is 21.8. The third-order valence-corrected chi connectivity index (χ3v) is 5.98. The number of carbonyl (C=O) groups excluding carboxylic acids is 1. The largest absolute Gasteiger partial charge is 0.490 e. The van der Waals surface area contributed by atoms with Crippen LogP contribution in [-0.2, 0) is 10.5 Å². The van der Waals surface area contributed by atoms with Crippen LogP contribution in [0.25, 0.3) is 22.6 Å². The monoisotopic (exact) mass is 534 g/mol. The first-order valence-corrected chi connectivity index (χ1v) is 13.0. The van der Waals surface area contributed by atoms with Crippen LogP contribution in [-0.4, -0.2) is 46.9 Å². The van der Waals surface area contributed by atoms with E-state index in [0.29, 0.717) is 34.7 Å². The fraction of sp³-hybridized carbons (Fsp3) is 0.286. The Kier molecular flexibility index (Phi) is 8.85. The van der Waals surface area contributed by atoms with Gasteiger partial charge in [-0.1, -0.05) is 17.8 Å². The van der Waals surface area contributed by atoms with E-state index in [0.717, 1.165) is 16.2 Å². The summed E-state index contributed by atoms with van der Waals surface area (Å²) in [6.07, 6.45) is 3.00. The van der Waals surface area contributed by atoms with Gasteiger partial charge in [-0.25, -0.2) is 19.7 Å². The maximum absolute atomic E-state index is 11.8. The first-order chi connectivity index (χ1) is 18.3. The number of nitrogens with zero attached hydrogens (tertiary/aromatic N) is 3. The van der Waals surface area contributed by atoms with Crippen molar-refractivity contribution in [1.82, 2.24) is 20.3 Å². The molecule has 0 bridgehead atoms. The highest BCUT2D eigenvalue weighted by Gasteiger charge is 2.18. The molecule has 1 N–H and O–H groups in total. The lowest BCUT2D eigenvalue weighted by Gasteiger charge is -2.19. The first-order valence-electron chi connectivity index (χ1n) is 12.0. The number of carbonyl (C=O) groups is 1. The summed E-state index contributed by atoms with van der Waals surface area (Å²) in [6.45, 7) is 6.04. The average Bonchev–Trinajstić information content (AvgIpc) is 3.34. The molecule has 0 aliphatic heterocycles. The van der Waals surface area contributed by atoms with Crippen molar-refractivity contribution in [2.24, 2.45) is 0 Å². The van der Waals surface area contributed by atoms with Gasteiger partial charge in [0, 0.05) is 35.1 Å². The molecule has 1 amide bonds. The first kappa shape index (κ1) is 27.0. The number of rotatable bonds is 10. The van der Waals surface area contributed by atoms with Gasteiger partial charge in [0.15, 0.2) is 5.76 Å². The second-order valence-corrected chi connectivity index (χ2v) is 10.2. The van der Waals surface area contributed by atoms with Gasteiger partial charge in [-0.05, 0) is 63.2 Å². The highest BCUT2D eigenvalue weighted by molar-refractivity contribution is 7.98. The number of hydrogen-bond acceptors (Lipinski definition) is 9. The summed E-state index contributed by atoms with van der Waals surface area (Å²) in [5.41, 5.74) is 1.98. The van der Waals surface area contributed by atoms with Gasteiger partial charge in [-0.3, -0.25) is 0 Å². The smallest absolute Gasteiger partial charge is 0.407 e. The quantitative estimate of drug-likeness (QED) is 0.193. The van der Waals surface area contributed by atoms with E-state index in [4.69, 9.17) is 23.6 Å². The minimum absolute atomic E-state index is 0.137. The number of methoxy groups -OCH3 is 1. The van der Waals surface area contributed by atoms with E-state index in [1.165, 1.54) is 0 Å². The Morgan fingerprint density at radius 3 is 2.45 bits per heavy atom. The molecule has 0 fully saturated rings. The summed E-state index contributed by atoms with van der Waals surface area (Å²) in [5.74, 6) is 2.89. The molecule has 10 heteroatoms. The Labute approximate surface area is 226 Å². The molecule has 0 aliphatic rings. The van der Waals surface area contributed by atoms with E-state index in [1.807, 2.05) is 69.3 Å². The summed E-state index contributed by atoms with van der Waals surface area (Å²) >= 11 is 1.55. The van der Waals surface area contributed by atoms with Crippen molar-refractivity contribution < 1.29 is 23.4 Å². The lowest BCUT2D eigenvalue weighted by molar-refractivity contribution is 0.118. The third kappa shape index (κ3) is 7.72. The Morgan fingerprint density at radius 2 is 1.79 bits per heavy atom. The van der Waals surface area contributed by atoms with E-state index in [2.05, 4.69) is 15.3 Å². The lowest BCUT2D eigenvalue weighted by Crippen LogP contribution is -2.41. The van der Waals surface area contributed by atoms with Crippen LogP contribution >= 0.6 is 11.8 Å². The van der Waals surface area contributed by atoms with E-state index in [9.17, 15) is 4.79 Å². The van der Waals surface area contributed by atoms with Gasteiger partial charge in [0.2, 0.25) is 11.8 Å². The Hall–Kier alpha value is -4.05. The van der Waals surface area contributed by atoms with Crippen molar-refractivity contribution in [2.45, 2.75) is 37.1 Å². The van der Waals surface area contributed by atoms with Crippen LogP contribution in [0.3, 0.4) is 0 Å². The van der Waals surface area contributed by atoms with E-state index in [-0.39, 0.29) is 18.8 Å². The van der Waals surface area contributed by atoms with Crippen molar-refractivity contribution >= 4 is 17.9 Å². The van der Waals surface area contributed by atoms with E-state index < -0.39 is 6.09 Å². The number of hydrogen-bond donors (Lipinski definition) is 1. The van der Waals surface area contributed by atoms with Crippen molar-refractivity contribution in [2.75, 3.05) is 20.3 Å². The number of oxazole rings is 1. The minimum atomic E-state index is -0.473. The molecule has 0 radical (unpaired) electrons. The molecule has 0 aliphatic carbocycles. The van der Waals surface area contributed by atoms with Gasteiger partial charge in [0.05, 0.1) is 17.9 Å². The predicted octanol–water partition coefficient (Wildman–Crippen LogP) is 6.00. The molecule has 3 aromatic heterocycles. The van der Waals surface area contributed by atoms with Gasteiger partial charge in [-0.15, -0.1) is 0 Å². The SMILES string of the molecule is COc1ccc(-c2nc(CSc3ccccn3)oc2-c2ccc(OCCOC(=O)NC(C)(C)C)cc2)cn1. The molecule has 0 saturated heterocycles. The zero-order chi connectivity index (χ0) is 27.0. The molecule has 4 aromatic rings. The number of thioether (sulfide) groups is 1. The Morgan fingerprint density at radius 1 is 1.00 bits per heavy atom. The summed E-state index contributed by atoms with van der Waals surface area (Å²) < 4.78 is 22.3. The van der Waals surface area contributed by atoms with Crippen LogP contribution in [0.5, 0.6) is 11.6 Å². The van der Waals surface area contributed by atoms with Gasteiger partial charge < -0.3 is 23.9 Å². The molecule has 0 saturated carbocycles. The number of aromatic nitrogens is 3. The number of nitrogens with one attached hydrogen (secondary N) is 1. The molecule has 3 heterocycles. The van der Waals surface area contributed by atoms with Gasteiger partial charge in [0.1, 0.15) is 24.7 Å². The fourth-order valence-corrected chi connectivity index (χ4v) is 4.07. The molecule has 38 heavy (non-hydrogen) atoms. The standard InChI is InChI=1S/C28H30N4O5S/c1-28(2,3)32-27(33)36-16-15-35-21-11-8-19(9-12-21)26-25(20-10-13-22(34-4)30-17-20)31-23(37-26)18-38-24-7-5-6-14-29-24/h5-14,17H,15-16,18H2,1-4H3,(H,32,33). The number of ether oxygens (including phenoxy) is 3. The second kappa shape index (κ2) is 12.5. The minimum Gasteiger partial charge on any atom is -0.490 e. The molecular weight excluding hydrogens is 504 g/mol. The molecule has 0 atom stereocenters. The Balaban J connectivity index is 1.46. The number of pyridine rings is 2. The molecular formula is C28H30N4O5S. The average molecular weight is 535 g/mol. The summed E-state index contributed by atoms with van der Waals surface area (Å²) in [7, 11) is 1.58. The van der Waals surface area contributed by atoms with Crippen molar-refractivity contribution in [3.05, 3.63) is 72.9 Å². The fourth-order valence-electron chi connectivity index (χ4n) is 3.37. The second-order valence-electron chi connectivity index (χ2n) is 9.21. The molecule has 1 aromatic carbocycles. The van der Waals surface area contributed by atoms with Gasteiger partial charge in [0.25, 0.3) is 0 Å². The van der Waals surface area contributed by atoms with Crippen LogP contribution in [0.1, 0.15) is 26.7 Å².